The largest absolute Gasteiger partial charge is 0.351 e. The number of amides is 1. The van der Waals surface area contributed by atoms with Gasteiger partial charge in [-0.25, -0.2) is 4.98 Å². The Kier molecular flexibility index (Phi) is 3.77. The number of nitrogens with zero attached hydrogens (tertiary/aromatic N) is 3. The summed E-state index contributed by atoms with van der Waals surface area (Å²) in [6, 6.07) is 1.71. The molecule has 0 spiro atoms. The fraction of sp³-hybridized carbons (Fsp3) is 0.533. The standard InChI is InChI=1S/C15H20N4O2/c1-10(2)7-11-8-12(21-18-11)15(20)17-14-9-16-13-5-3-4-6-19(13)14/h8-10H,3-7H2,1-2H3,(H,17,20). The fourth-order valence-corrected chi connectivity index (χ4v) is 2.63. The molecule has 0 radical (unpaired) electrons. The molecule has 2 aromatic heterocycles. The van der Waals surface area contributed by atoms with Crippen LogP contribution in [0.5, 0.6) is 0 Å². The summed E-state index contributed by atoms with van der Waals surface area (Å²) in [6.45, 7) is 5.11. The summed E-state index contributed by atoms with van der Waals surface area (Å²) in [6.07, 6.45) is 5.76. The monoisotopic (exact) mass is 288 g/mol. The summed E-state index contributed by atoms with van der Waals surface area (Å²) in [5.74, 6) is 2.22. The van der Waals surface area contributed by atoms with E-state index >= 15 is 0 Å². The van der Waals surface area contributed by atoms with Gasteiger partial charge in [-0.1, -0.05) is 19.0 Å². The molecule has 0 aromatic carbocycles. The molecule has 2 aromatic rings. The van der Waals surface area contributed by atoms with Crippen molar-refractivity contribution in [3.63, 3.8) is 0 Å². The molecule has 3 rings (SSSR count). The number of hydrogen-bond donors (Lipinski definition) is 1. The van der Waals surface area contributed by atoms with E-state index in [0.29, 0.717) is 5.92 Å². The molecule has 1 amide bonds. The third-order valence-corrected chi connectivity index (χ3v) is 3.61. The van der Waals surface area contributed by atoms with Crippen LogP contribution in [0.15, 0.2) is 16.8 Å². The van der Waals surface area contributed by atoms with Crippen molar-refractivity contribution >= 4 is 11.7 Å². The quantitative estimate of drug-likeness (QED) is 0.938. The summed E-state index contributed by atoms with van der Waals surface area (Å²) in [7, 11) is 0. The van der Waals surface area contributed by atoms with Crippen molar-refractivity contribution in [1.29, 1.82) is 0 Å². The Bertz CT molecular complexity index is 642. The lowest BCUT2D eigenvalue weighted by Gasteiger charge is -2.16. The fourth-order valence-electron chi connectivity index (χ4n) is 2.63. The Morgan fingerprint density at radius 1 is 1.48 bits per heavy atom. The minimum absolute atomic E-state index is 0.247. The maximum atomic E-state index is 12.2. The molecule has 0 aliphatic carbocycles. The number of anilines is 1. The van der Waals surface area contributed by atoms with Crippen LogP contribution in [0.4, 0.5) is 5.82 Å². The second-order valence-corrected chi connectivity index (χ2v) is 5.90. The molecule has 112 valence electrons. The predicted molar refractivity (Wildman–Crippen MR) is 78.2 cm³/mol. The van der Waals surface area contributed by atoms with E-state index in [0.717, 1.165) is 49.6 Å². The highest BCUT2D eigenvalue weighted by atomic mass is 16.5. The van der Waals surface area contributed by atoms with E-state index in [9.17, 15) is 4.79 Å². The van der Waals surface area contributed by atoms with E-state index in [1.165, 1.54) is 0 Å². The molecular weight excluding hydrogens is 268 g/mol. The Balaban J connectivity index is 1.71. The number of hydrogen-bond acceptors (Lipinski definition) is 4. The van der Waals surface area contributed by atoms with E-state index in [1.54, 1.807) is 12.3 Å². The SMILES string of the molecule is CC(C)Cc1cc(C(=O)Nc2cnc3n2CCCC3)on1. The predicted octanol–water partition coefficient (Wildman–Crippen LogP) is 2.66. The minimum Gasteiger partial charge on any atom is -0.351 e. The average molecular weight is 288 g/mol. The topological polar surface area (TPSA) is 73.0 Å². The summed E-state index contributed by atoms with van der Waals surface area (Å²) < 4.78 is 7.19. The van der Waals surface area contributed by atoms with Gasteiger partial charge in [-0.05, 0) is 25.2 Å². The van der Waals surface area contributed by atoms with Gasteiger partial charge in [0.05, 0.1) is 11.9 Å². The maximum Gasteiger partial charge on any atom is 0.295 e. The molecule has 1 N–H and O–H groups in total. The van der Waals surface area contributed by atoms with Crippen LogP contribution in [-0.4, -0.2) is 20.6 Å². The van der Waals surface area contributed by atoms with Gasteiger partial charge in [-0.2, -0.15) is 0 Å². The van der Waals surface area contributed by atoms with E-state index in [2.05, 4.69) is 33.9 Å². The van der Waals surface area contributed by atoms with Crippen molar-refractivity contribution in [3.8, 4) is 0 Å². The number of imidazole rings is 1. The van der Waals surface area contributed by atoms with E-state index < -0.39 is 0 Å². The van der Waals surface area contributed by atoms with Crippen molar-refractivity contribution in [3.05, 3.63) is 29.5 Å². The Morgan fingerprint density at radius 2 is 2.33 bits per heavy atom. The number of carbonyl (C=O) groups is 1. The Hall–Kier alpha value is -2.11. The lowest BCUT2D eigenvalue weighted by atomic mass is 10.1. The summed E-state index contributed by atoms with van der Waals surface area (Å²) in [5, 5.41) is 6.80. The molecule has 6 heteroatoms. The lowest BCUT2D eigenvalue weighted by molar-refractivity contribution is 0.0987. The summed E-state index contributed by atoms with van der Waals surface area (Å²) >= 11 is 0. The number of aromatic nitrogens is 3. The minimum atomic E-state index is -0.272. The van der Waals surface area contributed by atoms with Crippen LogP contribution in [0.1, 0.15) is 48.8 Å². The molecule has 0 saturated carbocycles. The normalized spacial score (nSPS) is 14.2. The number of rotatable bonds is 4. The van der Waals surface area contributed by atoms with Crippen LogP contribution in [0, 0.1) is 5.92 Å². The van der Waals surface area contributed by atoms with Gasteiger partial charge < -0.3 is 14.4 Å². The molecule has 0 bridgehead atoms. The van der Waals surface area contributed by atoms with Crippen molar-refractivity contribution in [2.24, 2.45) is 5.92 Å². The molecular formula is C15H20N4O2. The van der Waals surface area contributed by atoms with Crippen molar-refractivity contribution < 1.29 is 9.32 Å². The molecule has 6 nitrogen and oxygen atoms in total. The second-order valence-electron chi connectivity index (χ2n) is 5.90. The molecule has 0 atom stereocenters. The van der Waals surface area contributed by atoms with Crippen molar-refractivity contribution in [2.75, 3.05) is 5.32 Å². The van der Waals surface area contributed by atoms with Crippen LogP contribution >= 0.6 is 0 Å². The zero-order chi connectivity index (χ0) is 14.8. The van der Waals surface area contributed by atoms with E-state index in [1.807, 2.05) is 0 Å². The van der Waals surface area contributed by atoms with Crippen LogP contribution in [-0.2, 0) is 19.4 Å². The number of nitrogens with one attached hydrogen (secondary N) is 1. The lowest BCUT2D eigenvalue weighted by Crippen LogP contribution is -2.17. The summed E-state index contributed by atoms with van der Waals surface area (Å²) in [4.78, 5) is 16.6. The smallest absolute Gasteiger partial charge is 0.295 e. The molecule has 0 fully saturated rings. The third kappa shape index (κ3) is 2.99. The van der Waals surface area contributed by atoms with E-state index in [4.69, 9.17) is 4.52 Å². The van der Waals surface area contributed by atoms with Crippen molar-refractivity contribution in [2.45, 2.75) is 46.1 Å². The Labute approximate surface area is 123 Å². The van der Waals surface area contributed by atoms with Gasteiger partial charge in [0.15, 0.2) is 0 Å². The average Bonchev–Trinajstić information content (AvgIpc) is 3.06. The van der Waals surface area contributed by atoms with Gasteiger partial charge >= 0.3 is 0 Å². The zero-order valence-electron chi connectivity index (χ0n) is 12.4. The molecule has 0 saturated heterocycles. The van der Waals surface area contributed by atoms with Crippen LogP contribution in [0.2, 0.25) is 0 Å². The van der Waals surface area contributed by atoms with Gasteiger partial charge in [0.2, 0.25) is 5.76 Å². The van der Waals surface area contributed by atoms with Crippen LogP contribution in [0.25, 0.3) is 0 Å². The number of fused-ring (bicyclic) bond motifs is 1. The van der Waals surface area contributed by atoms with Gasteiger partial charge in [0.1, 0.15) is 11.6 Å². The third-order valence-electron chi connectivity index (χ3n) is 3.61. The first-order valence-electron chi connectivity index (χ1n) is 7.45. The summed E-state index contributed by atoms with van der Waals surface area (Å²) in [5.41, 5.74) is 0.811. The molecule has 1 aliphatic heterocycles. The molecule has 21 heavy (non-hydrogen) atoms. The van der Waals surface area contributed by atoms with Gasteiger partial charge in [0.25, 0.3) is 5.91 Å². The van der Waals surface area contributed by atoms with Gasteiger partial charge in [0, 0.05) is 19.0 Å². The van der Waals surface area contributed by atoms with Gasteiger partial charge in [-0.15, -0.1) is 0 Å². The Morgan fingerprint density at radius 3 is 3.14 bits per heavy atom. The highest BCUT2D eigenvalue weighted by Crippen LogP contribution is 2.20. The number of aryl methyl sites for hydroxylation is 1. The van der Waals surface area contributed by atoms with Crippen molar-refractivity contribution in [1.82, 2.24) is 14.7 Å². The maximum absolute atomic E-state index is 12.2. The highest BCUT2D eigenvalue weighted by molar-refractivity contribution is 6.01. The van der Waals surface area contributed by atoms with Crippen LogP contribution in [0.3, 0.4) is 0 Å². The van der Waals surface area contributed by atoms with Crippen LogP contribution < -0.4 is 5.32 Å². The molecule has 1 aliphatic rings. The first-order chi connectivity index (χ1) is 10.1. The second kappa shape index (κ2) is 5.71. The van der Waals surface area contributed by atoms with Gasteiger partial charge in [-0.3, -0.25) is 4.79 Å². The number of carbonyl (C=O) groups excluding carboxylic acids is 1. The zero-order valence-corrected chi connectivity index (χ0v) is 12.4. The highest BCUT2D eigenvalue weighted by Gasteiger charge is 2.18. The molecule has 3 heterocycles. The van der Waals surface area contributed by atoms with E-state index in [-0.39, 0.29) is 11.7 Å². The first kappa shape index (κ1) is 13.9. The first-order valence-corrected chi connectivity index (χ1v) is 7.45. The molecule has 0 unspecified atom stereocenters.